The molecule has 254 valence electrons. The van der Waals surface area contributed by atoms with Crippen LogP contribution in [0.3, 0.4) is 0 Å². The van der Waals surface area contributed by atoms with Gasteiger partial charge in [-0.25, -0.2) is 4.79 Å². The zero-order chi connectivity index (χ0) is 33.0. The van der Waals surface area contributed by atoms with Crippen molar-refractivity contribution in [3.8, 4) is 0 Å². The monoisotopic (exact) mass is 645 g/mol. The number of aliphatic hydroxyl groups is 3. The van der Waals surface area contributed by atoms with Crippen LogP contribution >= 0.6 is 0 Å². The molecule has 1 spiro atoms. The maximum absolute atomic E-state index is 13.8. The molecule has 1 aliphatic heterocycles. The van der Waals surface area contributed by atoms with Gasteiger partial charge in [-0.3, -0.25) is 9.69 Å². The second-order valence-electron chi connectivity index (χ2n) is 14.4. The molecule has 1 heterocycles. The molecule has 46 heavy (non-hydrogen) atoms. The van der Waals surface area contributed by atoms with E-state index < -0.39 is 88.3 Å². The zero-order valence-corrected chi connectivity index (χ0v) is 27.3. The predicted octanol–water partition coefficient (Wildman–Crippen LogP) is 0.648. The van der Waals surface area contributed by atoms with Crippen molar-refractivity contribution in [3.63, 3.8) is 0 Å². The van der Waals surface area contributed by atoms with Gasteiger partial charge in [0.15, 0.2) is 5.60 Å². The maximum atomic E-state index is 13.8. The van der Waals surface area contributed by atoms with Crippen molar-refractivity contribution in [1.29, 1.82) is 0 Å². The van der Waals surface area contributed by atoms with Gasteiger partial charge in [-0.1, -0.05) is 25.1 Å². The van der Waals surface area contributed by atoms with Gasteiger partial charge >= 0.3 is 11.9 Å². The second-order valence-corrected chi connectivity index (χ2v) is 14.4. The number of hydrogen-bond acceptors (Lipinski definition) is 12. The van der Waals surface area contributed by atoms with Gasteiger partial charge in [0.05, 0.1) is 30.5 Å². The number of fused-ring (bicyclic) bond motifs is 2. The van der Waals surface area contributed by atoms with Crippen LogP contribution in [0.4, 0.5) is 0 Å². The van der Waals surface area contributed by atoms with Crippen LogP contribution in [0.1, 0.15) is 37.0 Å². The van der Waals surface area contributed by atoms with E-state index in [9.17, 15) is 24.9 Å². The molecule has 6 fully saturated rings. The van der Waals surface area contributed by atoms with Crippen LogP contribution in [-0.4, -0.2) is 134 Å². The van der Waals surface area contributed by atoms with Gasteiger partial charge in [0.1, 0.15) is 23.9 Å². The normalized spacial score (nSPS) is 49.9. The van der Waals surface area contributed by atoms with Crippen molar-refractivity contribution in [2.24, 2.45) is 34.5 Å². The highest BCUT2D eigenvalue weighted by atomic mass is 16.6. The van der Waals surface area contributed by atoms with Gasteiger partial charge in [-0.2, -0.15) is 0 Å². The number of esters is 2. The third-order valence-corrected chi connectivity index (χ3v) is 13.2. The van der Waals surface area contributed by atoms with E-state index in [0.717, 1.165) is 0 Å². The number of benzene rings is 1. The van der Waals surface area contributed by atoms with Crippen LogP contribution in [0.15, 0.2) is 30.3 Å². The summed E-state index contributed by atoms with van der Waals surface area (Å²) in [7, 11) is 6.27. The molecule has 12 heteroatoms. The summed E-state index contributed by atoms with van der Waals surface area (Å²) in [5.41, 5.74) is -4.79. The quantitative estimate of drug-likeness (QED) is 0.323. The fraction of sp³-hybridized carbons (Fsp3) is 0.765. The van der Waals surface area contributed by atoms with Crippen molar-refractivity contribution < 1.29 is 53.3 Å². The highest BCUT2D eigenvalue weighted by Crippen LogP contribution is 2.80. The summed E-state index contributed by atoms with van der Waals surface area (Å²) in [6.45, 7) is 4.68. The lowest BCUT2D eigenvalue weighted by Gasteiger charge is -2.70. The maximum Gasteiger partial charge on any atom is 0.338 e. The molecular formula is C34H47NO11. The van der Waals surface area contributed by atoms with Gasteiger partial charge in [0.25, 0.3) is 0 Å². The van der Waals surface area contributed by atoms with Crippen LogP contribution in [-0.2, 0) is 33.2 Å². The average molecular weight is 646 g/mol. The molecule has 0 aromatic heterocycles. The van der Waals surface area contributed by atoms with Crippen LogP contribution in [0.25, 0.3) is 0 Å². The first-order chi connectivity index (χ1) is 22.0. The van der Waals surface area contributed by atoms with Crippen LogP contribution in [0.5, 0.6) is 0 Å². The highest BCUT2D eigenvalue weighted by molar-refractivity contribution is 5.89. The number of hydrogen-bond donors (Lipinski definition) is 3. The van der Waals surface area contributed by atoms with Gasteiger partial charge in [0, 0.05) is 83.0 Å². The molecule has 6 aliphatic rings. The molecule has 7 rings (SSSR count). The van der Waals surface area contributed by atoms with E-state index in [1.807, 2.05) is 6.92 Å². The van der Waals surface area contributed by atoms with E-state index in [-0.39, 0.29) is 25.0 Å². The number of rotatable bonds is 9. The van der Waals surface area contributed by atoms with E-state index in [4.69, 9.17) is 28.4 Å². The van der Waals surface area contributed by atoms with Gasteiger partial charge in [-0.15, -0.1) is 0 Å². The molecule has 1 aromatic carbocycles. The first-order valence-corrected chi connectivity index (χ1v) is 16.3. The zero-order valence-electron chi connectivity index (χ0n) is 27.3. The molecule has 1 aromatic rings. The Labute approximate surface area is 269 Å². The number of likely N-dealkylation sites (tertiary alicyclic amines) is 1. The minimum Gasteiger partial charge on any atom is -0.455 e. The third kappa shape index (κ3) is 3.62. The fourth-order valence-corrected chi connectivity index (χ4v) is 12.3. The molecule has 3 N–H and O–H groups in total. The Bertz CT molecular complexity index is 1360. The average Bonchev–Trinajstić information content (AvgIpc) is 3.41. The lowest BCUT2D eigenvalue weighted by molar-refractivity contribution is -0.322. The Kier molecular flexibility index (Phi) is 7.69. The Morgan fingerprint density at radius 3 is 2.30 bits per heavy atom. The summed E-state index contributed by atoms with van der Waals surface area (Å²) >= 11 is 0. The summed E-state index contributed by atoms with van der Waals surface area (Å²) < 4.78 is 37.4. The van der Waals surface area contributed by atoms with E-state index >= 15 is 0 Å². The Morgan fingerprint density at radius 1 is 1.00 bits per heavy atom. The van der Waals surface area contributed by atoms with E-state index in [2.05, 4.69) is 4.90 Å². The number of nitrogens with zero attached hydrogens (tertiary/aromatic N) is 1. The first-order valence-electron chi connectivity index (χ1n) is 16.3. The van der Waals surface area contributed by atoms with Crippen molar-refractivity contribution in [1.82, 2.24) is 4.90 Å². The van der Waals surface area contributed by atoms with E-state index in [1.54, 1.807) is 51.7 Å². The number of ether oxygens (including phenoxy) is 6. The predicted molar refractivity (Wildman–Crippen MR) is 160 cm³/mol. The van der Waals surface area contributed by atoms with Crippen molar-refractivity contribution >= 4 is 11.9 Å². The Morgan fingerprint density at radius 2 is 1.72 bits per heavy atom. The molecular weight excluding hydrogens is 598 g/mol. The molecule has 12 nitrogen and oxygen atoms in total. The molecule has 15 atom stereocenters. The minimum atomic E-state index is -1.83. The van der Waals surface area contributed by atoms with Gasteiger partial charge in [0.2, 0.25) is 0 Å². The molecule has 1 saturated heterocycles. The number of carbonyl (C=O) groups excluding carboxylic acids is 2. The summed E-state index contributed by atoms with van der Waals surface area (Å²) in [4.78, 5) is 29.3. The molecule has 2 unspecified atom stereocenters. The summed E-state index contributed by atoms with van der Waals surface area (Å²) in [6.07, 6.45) is -5.49. The van der Waals surface area contributed by atoms with E-state index in [1.165, 1.54) is 14.0 Å². The van der Waals surface area contributed by atoms with Crippen molar-refractivity contribution in [3.05, 3.63) is 35.9 Å². The van der Waals surface area contributed by atoms with Gasteiger partial charge < -0.3 is 43.7 Å². The minimum absolute atomic E-state index is 0.0791. The number of aliphatic hydroxyl groups excluding tert-OH is 2. The van der Waals surface area contributed by atoms with E-state index in [0.29, 0.717) is 25.1 Å². The van der Waals surface area contributed by atoms with Gasteiger partial charge in [-0.05, 0) is 31.0 Å². The van der Waals surface area contributed by atoms with Crippen LogP contribution in [0.2, 0.25) is 0 Å². The molecule has 0 amide bonds. The number of carbonyl (C=O) groups is 2. The SMILES string of the molecule is CCN1C[C@@]2(COC)C3[C@@H](OC)[C@H]4[C@@H]1C3([C@@H]1C[C@@]3(O)[C@H](OC(=O)c5ccccc5)[C@@H]1[C@]4(OC(C)=O)[C@@H](O)[C@@H]3OC)[C@H](OC)C[C@H]2O. The standard InChI is InChI=1S/C34H47NO11/c1-7-35-15-31(16-41-3)20(37)13-21(42-4)33-19-14-32(40)28(45-30(39)18-11-9-8-10-12-18)22(19)34(46-17(2)36,27(38)29(32)44-6)23(26(33)35)24(43-5)25(31)33/h8-12,19-29,37-38,40H,7,13-16H2,1-6H3/t19-,20-,21-,22-,23+,24+,25?,26-,27+,28-,29+,31+,32-,33?,34-/m1/s1. The van der Waals surface area contributed by atoms with Crippen LogP contribution < -0.4 is 0 Å². The van der Waals surface area contributed by atoms with Crippen molar-refractivity contribution in [2.45, 2.75) is 80.6 Å². The lowest BCUT2D eigenvalue weighted by Crippen LogP contribution is -2.81. The Hall–Kier alpha value is -2.16. The first kappa shape index (κ1) is 32.4. The lowest BCUT2D eigenvalue weighted by atomic mass is 9.42. The topological polar surface area (TPSA) is 153 Å². The number of methoxy groups -OCH3 is 4. The largest absolute Gasteiger partial charge is 0.455 e. The Balaban J connectivity index is 1.53. The highest BCUT2D eigenvalue weighted by Gasteiger charge is 2.92. The van der Waals surface area contributed by atoms with Crippen molar-refractivity contribution in [2.75, 3.05) is 48.1 Å². The smallest absolute Gasteiger partial charge is 0.338 e. The summed E-state index contributed by atoms with van der Waals surface area (Å²) in [6, 6.07) is 8.18. The number of piperidine rings is 1. The van der Waals surface area contributed by atoms with Crippen LogP contribution in [0, 0.1) is 34.5 Å². The molecule has 5 saturated carbocycles. The molecule has 5 aliphatic carbocycles. The molecule has 7 bridgehead atoms. The summed E-state index contributed by atoms with van der Waals surface area (Å²) in [5, 5.41) is 37.3. The molecule has 0 radical (unpaired) electrons. The fourth-order valence-electron chi connectivity index (χ4n) is 12.3. The second kappa shape index (κ2) is 10.9. The summed E-state index contributed by atoms with van der Waals surface area (Å²) in [5.74, 6) is -3.65. The third-order valence-electron chi connectivity index (χ3n) is 13.2.